The number of H-pyrrole nitrogens is 1. The minimum Gasteiger partial charge on any atom is -0.477 e. The molecule has 0 radical (unpaired) electrons. The summed E-state index contributed by atoms with van der Waals surface area (Å²) in [6, 6.07) is 20.0. The molecule has 0 atom stereocenters. The second kappa shape index (κ2) is 9.32. The highest BCUT2D eigenvalue weighted by molar-refractivity contribution is 6.30. The van der Waals surface area contributed by atoms with E-state index in [1.54, 1.807) is 48.5 Å². The maximum atomic E-state index is 12.4. The van der Waals surface area contributed by atoms with Crippen LogP contribution in [-0.4, -0.2) is 25.6 Å². The molecule has 32 heavy (non-hydrogen) atoms. The van der Waals surface area contributed by atoms with E-state index in [9.17, 15) is 9.59 Å². The molecule has 0 spiro atoms. The molecule has 2 heterocycles. The number of hydrogen-bond acceptors (Lipinski definition) is 5. The van der Waals surface area contributed by atoms with Crippen molar-refractivity contribution in [1.82, 2.24) is 14.5 Å². The summed E-state index contributed by atoms with van der Waals surface area (Å²) < 4.78 is 7.14. The van der Waals surface area contributed by atoms with Gasteiger partial charge in [0.25, 0.3) is 5.56 Å². The smallest absolute Gasteiger partial charge is 0.354 e. The van der Waals surface area contributed by atoms with Gasteiger partial charge in [-0.25, -0.2) is 14.8 Å². The predicted octanol–water partition coefficient (Wildman–Crippen LogP) is 4.00. The van der Waals surface area contributed by atoms with E-state index in [4.69, 9.17) is 21.4 Å². The van der Waals surface area contributed by atoms with Crippen LogP contribution < -0.4 is 15.9 Å². The van der Waals surface area contributed by atoms with E-state index in [0.717, 1.165) is 5.56 Å². The summed E-state index contributed by atoms with van der Waals surface area (Å²) in [6.07, 6.45) is 1.54. The fraction of sp³-hybridized carbons (Fsp3) is 0.0435. The molecule has 0 aliphatic rings. The van der Waals surface area contributed by atoms with Crippen LogP contribution in [0.2, 0.25) is 5.02 Å². The van der Waals surface area contributed by atoms with Crippen LogP contribution in [0, 0.1) is 0 Å². The van der Waals surface area contributed by atoms with Gasteiger partial charge < -0.3 is 14.8 Å². The molecule has 2 aromatic carbocycles. The van der Waals surface area contributed by atoms with Gasteiger partial charge >= 0.3 is 5.97 Å². The van der Waals surface area contributed by atoms with Gasteiger partial charge in [0.15, 0.2) is 5.69 Å². The number of carbonyl (C=O) groups is 1. The van der Waals surface area contributed by atoms with E-state index in [2.05, 4.69) is 15.0 Å². The number of aromatic carboxylic acids is 1. The first-order chi connectivity index (χ1) is 15.5. The first-order valence-corrected chi connectivity index (χ1v) is 9.92. The highest BCUT2D eigenvalue weighted by Gasteiger charge is 2.07. The Labute approximate surface area is 187 Å². The minimum atomic E-state index is -1.13. The molecule has 0 aliphatic carbocycles. The summed E-state index contributed by atoms with van der Waals surface area (Å²) >= 11 is 5.94. The molecule has 0 saturated carbocycles. The lowest BCUT2D eigenvalue weighted by molar-refractivity contribution is 0.0689. The van der Waals surface area contributed by atoms with Gasteiger partial charge in [-0.1, -0.05) is 29.8 Å². The van der Waals surface area contributed by atoms with Gasteiger partial charge in [-0.2, -0.15) is 0 Å². The van der Waals surface area contributed by atoms with Crippen LogP contribution in [0.15, 0.2) is 88.8 Å². The van der Waals surface area contributed by atoms with Gasteiger partial charge in [-0.3, -0.25) is 9.36 Å². The highest BCUT2D eigenvalue weighted by Crippen LogP contribution is 2.22. The molecule has 0 saturated heterocycles. The number of aromatic nitrogens is 3. The average Bonchev–Trinajstić information content (AvgIpc) is 2.79. The molecule has 4 rings (SSSR count). The number of carboxylic acid groups (broad SMARTS) is 1. The first-order valence-electron chi connectivity index (χ1n) is 9.54. The van der Waals surface area contributed by atoms with E-state index in [0.29, 0.717) is 28.6 Å². The number of pyridine rings is 1. The summed E-state index contributed by atoms with van der Waals surface area (Å²) in [5, 5.41) is 9.66. The third-order valence-corrected chi connectivity index (χ3v) is 4.70. The average molecular weight is 449 g/mol. The fourth-order valence-corrected chi connectivity index (χ4v) is 3.03. The second-order valence-electron chi connectivity index (χ2n) is 6.73. The van der Waals surface area contributed by atoms with Gasteiger partial charge in [-0.05, 0) is 48.0 Å². The van der Waals surface area contributed by atoms with Crippen LogP contribution in [0.3, 0.4) is 0 Å². The predicted molar refractivity (Wildman–Crippen MR) is 119 cm³/mol. The summed E-state index contributed by atoms with van der Waals surface area (Å²) in [5.41, 5.74) is 1.59. The number of rotatable bonds is 6. The van der Waals surface area contributed by atoms with Crippen molar-refractivity contribution in [3.63, 3.8) is 0 Å². The Morgan fingerprint density at radius 2 is 1.81 bits per heavy atom. The fourth-order valence-electron chi connectivity index (χ4n) is 2.90. The lowest BCUT2D eigenvalue weighted by atomic mass is 10.2. The number of benzene rings is 2. The summed E-state index contributed by atoms with van der Waals surface area (Å²) in [6.45, 7) is 0.332. The Morgan fingerprint density at radius 1 is 1.06 bits per heavy atom. The third-order valence-electron chi connectivity index (χ3n) is 4.45. The van der Waals surface area contributed by atoms with E-state index in [1.807, 2.05) is 12.1 Å². The number of aromatic amines is 1. The standard InChI is InChI=1S/C23H17ClN4O4/c24-16-6-4-15(5-7-16)14-28-21(29)12-13-25-23(28)26-17-8-10-18(11-9-17)32-20-3-1-2-19(27-20)22(30)31/h1-13H,14H2,(H,25,26)(H,30,31). The Bertz CT molecular complexity index is 1380. The van der Waals surface area contributed by atoms with Crippen LogP contribution >= 0.6 is 11.6 Å². The van der Waals surface area contributed by atoms with Gasteiger partial charge in [0.1, 0.15) is 5.75 Å². The normalized spacial score (nSPS) is 11.3. The molecule has 2 N–H and O–H groups in total. The monoisotopic (exact) mass is 448 g/mol. The lowest BCUT2D eigenvalue weighted by Crippen LogP contribution is -2.35. The first kappa shape index (κ1) is 21.1. The molecule has 2 aromatic heterocycles. The van der Waals surface area contributed by atoms with Gasteiger partial charge in [0, 0.05) is 23.4 Å². The molecule has 8 nitrogen and oxygen atoms in total. The SMILES string of the molecule is O=C(O)c1cccc(Oc2ccc(/N=c3\[nH]ccc(=O)n3Cc3ccc(Cl)cc3)cc2)n1. The maximum Gasteiger partial charge on any atom is 0.354 e. The van der Waals surface area contributed by atoms with Crippen molar-refractivity contribution in [2.24, 2.45) is 4.99 Å². The lowest BCUT2D eigenvalue weighted by Gasteiger charge is -2.07. The van der Waals surface area contributed by atoms with Crippen molar-refractivity contribution in [2.75, 3.05) is 0 Å². The topological polar surface area (TPSA) is 110 Å². The third kappa shape index (κ3) is 5.11. The van der Waals surface area contributed by atoms with Crippen molar-refractivity contribution < 1.29 is 14.6 Å². The Hall–Kier alpha value is -4.17. The Balaban J connectivity index is 1.59. The summed E-state index contributed by atoms with van der Waals surface area (Å²) in [4.78, 5) is 34.9. The number of carboxylic acids is 1. The molecule has 0 aliphatic heterocycles. The molecular formula is C23H17ClN4O4. The highest BCUT2D eigenvalue weighted by atomic mass is 35.5. The van der Waals surface area contributed by atoms with Crippen molar-refractivity contribution in [3.8, 4) is 11.6 Å². The number of nitrogens with one attached hydrogen (secondary N) is 1. The van der Waals surface area contributed by atoms with Crippen LogP contribution in [0.5, 0.6) is 11.6 Å². The quantitative estimate of drug-likeness (QED) is 0.463. The van der Waals surface area contributed by atoms with Gasteiger partial charge in [0.2, 0.25) is 11.5 Å². The van der Waals surface area contributed by atoms with Crippen LogP contribution in [-0.2, 0) is 6.54 Å². The molecule has 0 bridgehead atoms. The van der Waals surface area contributed by atoms with Crippen molar-refractivity contribution in [3.05, 3.63) is 111 Å². The van der Waals surface area contributed by atoms with E-state index < -0.39 is 5.97 Å². The van der Waals surface area contributed by atoms with E-state index in [-0.39, 0.29) is 17.1 Å². The molecule has 160 valence electrons. The van der Waals surface area contributed by atoms with Crippen molar-refractivity contribution in [2.45, 2.75) is 6.54 Å². The zero-order valence-electron chi connectivity index (χ0n) is 16.6. The summed E-state index contributed by atoms with van der Waals surface area (Å²) in [7, 11) is 0. The zero-order chi connectivity index (χ0) is 22.5. The Morgan fingerprint density at radius 3 is 2.53 bits per heavy atom. The summed E-state index contributed by atoms with van der Waals surface area (Å²) in [5.74, 6) is -0.495. The van der Waals surface area contributed by atoms with Gasteiger partial charge in [0.05, 0.1) is 12.2 Å². The van der Waals surface area contributed by atoms with Gasteiger partial charge in [-0.15, -0.1) is 0 Å². The van der Waals surface area contributed by atoms with E-state index in [1.165, 1.54) is 22.9 Å². The van der Waals surface area contributed by atoms with Crippen molar-refractivity contribution in [1.29, 1.82) is 0 Å². The maximum absolute atomic E-state index is 12.4. The van der Waals surface area contributed by atoms with Crippen LogP contribution in [0.4, 0.5) is 5.69 Å². The Kier molecular flexibility index (Phi) is 6.14. The van der Waals surface area contributed by atoms with Crippen molar-refractivity contribution >= 4 is 23.3 Å². The number of halogens is 1. The largest absolute Gasteiger partial charge is 0.477 e. The minimum absolute atomic E-state index is 0.104. The molecule has 0 fully saturated rings. The number of hydrogen-bond donors (Lipinski definition) is 2. The van der Waals surface area contributed by atoms with E-state index >= 15 is 0 Å². The molecular weight excluding hydrogens is 432 g/mol. The molecule has 0 unspecified atom stereocenters. The number of ether oxygens (including phenoxy) is 1. The molecule has 4 aromatic rings. The zero-order valence-corrected chi connectivity index (χ0v) is 17.4. The second-order valence-corrected chi connectivity index (χ2v) is 7.16. The molecule has 0 amide bonds. The number of nitrogens with zero attached hydrogens (tertiary/aromatic N) is 3. The van der Waals surface area contributed by atoms with Crippen LogP contribution in [0.1, 0.15) is 16.1 Å². The molecule has 9 heteroatoms. The van der Waals surface area contributed by atoms with Crippen LogP contribution in [0.25, 0.3) is 0 Å².